The summed E-state index contributed by atoms with van der Waals surface area (Å²) in [7, 11) is 2.14. The number of piperidine rings is 1. The summed E-state index contributed by atoms with van der Waals surface area (Å²) in [5.41, 5.74) is 1.20. The van der Waals surface area contributed by atoms with Gasteiger partial charge < -0.3 is 4.74 Å². The van der Waals surface area contributed by atoms with Crippen molar-refractivity contribution in [2.75, 3.05) is 13.7 Å². The van der Waals surface area contributed by atoms with Gasteiger partial charge in [-0.05, 0) is 54.2 Å². The van der Waals surface area contributed by atoms with E-state index in [9.17, 15) is 4.79 Å². The van der Waals surface area contributed by atoms with E-state index in [1.165, 1.54) is 12.0 Å². The van der Waals surface area contributed by atoms with Crippen LogP contribution < -0.4 is 0 Å². The number of halogens is 2. The van der Waals surface area contributed by atoms with Gasteiger partial charge in [-0.2, -0.15) is 0 Å². The van der Waals surface area contributed by atoms with Gasteiger partial charge >= 0.3 is 5.97 Å². The van der Waals surface area contributed by atoms with E-state index in [1.54, 1.807) is 0 Å². The number of nitrogens with zero attached hydrogens (tertiary/aromatic N) is 1. The lowest BCUT2D eigenvalue weighted by Gasteiger charge is -2.41. The second kappa shape index (κ2) is 7.53. The molecule has 0 amide bonds. The van der Waals surface area contributed by atoms with Crippen LogP contribution in [0, 0.1) is 5.92 Å². The fourth-order valence-corrected chi connectivity index (χ4v) is 4.44. The van der Waals surface area contributed by atoms with Crippen molar-refractivity contribution in [3.8, 4) is 0 Å². The first-order chi connectivity index (χ1) is 11.1. The van der Waals surface area contributed by atoms with Crippen LogP contribution in [0.5, 0.6) is 0 Å². The normalized spacial score (nSPS) is 30.7. The number of ether oxygens (including phenoxy) is 1. The molecule has 2 aliphatic rings. The average molecular weight is 446 g/mol. The molecule has 1 aromatic rings. The maximum absolute atomic E-state index is 12.7. The molecule has 2 bridgehead atoms. The minimum Gasteiger partial charge on any atom is -0.461 e. The van der Waals surface area contributed by atoms with Crippen LogP contribution in [-0.4, -0.2) is 36.6 Å². The van der Waals surface area contributed by atoms with Crippen molar-refractivity contribution < 1.29 is 9.53 Å². The lowest BCUT2D eigenvalue weighted by molar-refractivity contribution is -0.152. The van der Waals surface area contributed by atoms with Gasteiger partial charge in [0.1, 0.15) is 6.61 Å². The summed E-state index contributed by atoms with van der Waals surface area (Å²) in [5.74, 6) is 0.0521. The standard InChI is InChI=1S/C18H21ClINO2/c1-21-14-7-8-16(21)17(18(22)23-10-2-9-20)15(11-14)12-3-5-13(19)6-4-12/h2-6,9,14-17H,7-8,10-11H2,1H3/b9-2+/t14-,15+,16+,17-/m0/s1. The molecule has 124 valence electrons. The van der Waals surface area contributed by atoms with Gasteiger partial charge in [-0.1, -0.05) is 46.3 Å². The molecule has 2 heterocycles. The second-order valence-electron chi connectivity index (χ2n) is 6.38. The maximum Gasteiger partial charge on any atom is 0.311 e. The molecule has 0 radical (unpaired) electrons. The van der Waals surface area contributed by atoms with E-state index < -0.39 is 0 Å². The quantitative estimate of drug-likeness (QED) is 0.508. The Hall–Kier alpha value is -0.590. The fourth-order valence-electron chi connectivity index (χ4n) is 4.10. The number of esters is 1. The zero-order valence-corrected chi connectivity index (χ0v) is 16.0. The molecule has 1 aromatic carbocycles. The molecule has 2 saturated heterocycles. The van der Waals surface area contributed by atoms with Crippen molar-refractivity contribution in [2.24, 2.45) is 5.92 Å². The van der Waals surface area contributed by atoms with Gasteiger partial charge in [0, 0.05) is 23.0 Å². The van der Waals surface area contributed by atoms with Gasteiger partial charge in [0.15, 0.2) is 0 Å². The number of fused-ring (bicyclic) bond motifs is 2. The molecule has 0 aliphatic carbocycles. The van der Waals surface area contributed by atoms with Crippen molar-refractivity contribution in [1.29, 1.82) is 0 Å². The molecule has 3 nitrogen and oxygen atoms in total. The Morgan fingerprint density at radius 1 is 1.39 bits per heavy atom. The van der Waals surface area contributed by atoms with Crippen LogP contribution in [0.25, 0.3) is 0 Å². The summed E-state index contributed by atoms with van der Waals surface area (Å²) in [6.07, 6.45) is 5.12. The molecule has 5 heteroatoms. The maximum atomic E-state index is 12.7. The van der Waals surface area contributed by atoms with Crippen molar-refractivity contribution >= 4 is 40.2 Å². The van der Waals surface area contributed by atoms with E-state index in [4.69, 9.17) is 16.3 Å². The van der Waals surface area contributed by atoms with Gasteiger partial charge in [-0.3, -0.25) is 9.69 Å². The number of carbonyl (C=O) groups is 1. The first-order valence-corrected chi connectivity index (χ1v) is 9.63. The van der Waals surface area contributed by atoms with E-state index in [1.807, 2.05) is 22.3 Å². The van der Waals surface area contributed by atoms with Crippen LogP contribution in [0.4, 0.5) is 0 Å². The minimum absolute atomic E-state index is 0.0725. The predicted octanol–water partition coefficient (Wildman–Crippen LogP) is 4.40. The van der Waals surface area contributed by atoms with Crippen LogP contribution in [0.3, 0.4) is 0 Å². The van der Waals surface area contributed by atoms with Gasteiger partial charge in [-0.25, -0.2) is 0 Å². The largest absolute Gasteiger partial charge is 0.461 e. The average Bonchev–Trinajstić information content (AvgIpc) is 2.78. The summed E-state index contributed by atoms with van der Waals surface area (Å²) in [5, 5.41) is 0.732. The third-order valence-corrected chi connectivity index (χ3v) is 6.01. The first kappa shape index (κ1) is 17.2. The highest BCUT2D eigenvalue weighted by molar-refractivity contribution is 14.1. The smallest absolute Gasteiger partial charge is 0.311 e. The molecular formula is C18H21ClINO2. The van der Waals surface area contributed by atoms with Crippen LogP contribution in [0.1, 0.15) is 30.7 Å². The van der Waals surface area contributed by atoms with Crippen LogP contribution in [0.2, 0.25) is 5.02 Å². The van der Waals surface area contributed by atoms with Crippen LogP contribution >= 0.6 is 34.2 Å². The molecule has 2 fully saturated rings. The Morgan fingerprint density at radius 2 is 2.13 bits per heavy atom. The molecule has 0 N–H and O–H groups in total. The zero-order valence-electron chi connectivity index (χ0n) is 13.1. The molecule has 0 unspecified atom stereocenters. The van der Waals surface area contributed by atoms with Crippen molar-refractivity contribution in [1.82, 2.24) is 4.90 Å². The van der Waals surface area contributed by atoms with Crippen molar-refractivity contribution in [2.45, 2.75) is 37.3 Å². The number of hydrogen-bond acceptors (Lipinski definition) is 3. The second-order valence-corrected chi connectivity index (χ2v) is 7.53. The highest BCUT2D eigenvalue weighted by Gasteiger charge is 2.49. The molecule has 3 rings (SSSR count). The van der Waals surface area contributed by atoms with Gasteiger partial charge in [0.25, 0.3) is 0 Å². The third-order valence-electron chi connectivity index (χ3n) is 5.25. The van der Waals surface area contributed by atoms with Crippen molar-refractivity contribution in [3.05, 3.63) is 45.0 Å². The van der Waals surface area contributed by atoms with E-state index >= 15 is 0 Å². The Morgan fingerprint density at radius 3 is 2.83 bits per heavy atom. The number of rotatable bonds is 4. The van der Waals surface area contributed by atoms with Crippen molar-refractivity contribution in [3.63, 3.8) is 0 Å². The molecule has 0 spiro atoms. The Kier molecular flexibility index (Phi) is 5.65. The molecule has 0 aromatic heterocycles. The first-order valence-electron chi connectivity index (χ1n) is 8.01. The molecule has 23 heavy (non-hydrogen) atoms. The minimum atomic E-state index is -0.0949. The molecule has 2 aliphatic heterocycles. The van der Waals surface area contributed by atoms with E-state index in [0.717, 1.165) is 17.9 Å². The van der Waals surface area contributed by atoms with E-state index in [-0.39, 0.29) is 23.8 Å². The lowest BCUT2D eigenvalue weighted by Crippen LogP contribution is -2.49. The number of carbonyl (C=O) groups excluding carboxylic acids is 1. The van der Waals surface area contributed by atoms with Crippen LogP contribution in [-0.2, 0) is 9.53 Å². The predicted molar refractivity (Wildman–Crippen MR) is 101 cm³/mol. The Labute approximate surface area is 156 Å². The topological polar surface area (TPSA) is 29.5 Å². The van der Waals surface area contributed by atoms with E-state index in [2.05, 4.69) is 46.7 Å². The van der Waals surface area contributed by atoms with E-state index in [0.29, 0.717) is 12.6 Å². The number of benzene rings is 1. The summed E-state index contributed by atoms with van der Waals surface area (Å²) in [6, 6.07) is 8.80. The highest BCUT2D eigenvalue weighted by atomic mass is 127. The van der Waals surface area contributed by atoms with Gasteiger partial charge in [0.05, 0.1) is 5.92 Å². The third kappa shape index (κ3) is 3.59. The molecule has 0 saturated carbocycles. The monoisotopic (exact) mass is 445 g/mol. The van der Waals surface area contributed by atoms with Gasteiger partial charge in [-0.15, -0.1) is 0 Å². The summed E-state index contributed by atoms with van der Waals surface area (Å²) >= 11 is 8.15. The zero-order chi connectivity index (χ0) is 16.4. The van der Waals surface area contributed by atoms with Gasteiger partial charge in [0.2, 0.25) is 0 Å². The Bertz CT molecular complexity index is 589. The Balaban J connectivity index is 1.86. The van der Waals surface area contributed by atoms with Crippen LogP contribution in [0.15, 0.2) is 34.4 Å². The molecular weight excluding hydrogens is 425 g/mol. The summed E-state index contributed by atoms with van der Waals surface area (Å²) in [6.45, 7) is 0.353. The fraction of sp³-hybridized carbons (Fsp3) is 0.500. The highest BCUT2D eigenvalue weighted by Crippen LogP contribution is 2.46. The summed E-state index contributed by atoms with van der Waals surface area (Å²) in [4.78, 5) is 15.1. The summed E-state index contributed by atoms with van der Waals surface area (Å²) < 4.78 is 7.39. The number of hydrogen-bond donors (Lipinski definition) is 0. The molecule has 4 atom stereocenters. The lowest BCUT2D eigenvalue weighted by atomic mass is 9.76. The SMILES string of the molecule is CN1[C@H]2CC[C@@H]1[C@@H](C(=O)OC/C=C/I)[C@@H](c1ccc(Cl)cc1)C2.